The first-order valence-electron chi connectivity index (χ1n) is 11.7. The predicted molar refractivity (Wildman–Crippen MR) is 124 cm³/mol. The monoisotopic (exact) mass is 444 g/mol. The summed E-state index contributed by atoms with van der Waals surface area (Å²) in [6.45, 7) is 6.13. The van der Waals surface area contributed by atoms with Crippen LogP contribution in [0.5, 0.6) is 0 Å². The van der Waals surface area contributed by atoms with Gasteiger partial charge in [0.05, 0.1) is 17.5 Å². The highest BCUT2D eigenvalue weighted by molar-refractivity contribution is 5.86. The Morgan fingerprint density at radius 2 is 2.03 bits per heavy atom. The molecule has 0 spiro atoms. The molecule has 8 heteroatoms. The number of aromatic nitrogens is 5. The molecule has 5 heterocycles. The maximum atomic E-state index is 6.55. The number of pyridine rings is 1. The van der Waals surface area contributed by atoms with E-state index in [1.807, 2.05) is 26.1 Å². The van der Waals surface area contributed by atoms with E-state index in [4.69, 9.17) is 15.2 Å². The molecule has 3 fully saturated rings. The highest BCUT2D eigenvalue weighted by atomic mass is 16.8. The number of nitrogens with zero attached hydrogens (tertiary/aromatic N) is 5. The lowest BCUT2D eigenvalue weighted by atomic mass is 9.91. The number of anilines is 1. The Hall–Kier alpha value is -2.97. The number of hydrogen-bond donors (Lipinski definition) is 1. The molecule has 8 nitrogen and oxygen atoms in total. The fourth-order valence-electron chi connectivity index (χ4n) is 6.55. The summed E-state index contributed by atoms with van der Waals surface area (Å²) in [5.74, 6) is 0.425. The van der Waals surface area contributed by atoms with E-state index < -0.39 is 5.79 Å². The second-order valence-corrected chi connectivity index (χ2v) is 10.4. The van der Waals surface area contributed by atoms with Gasteiger partial charge in [0, 0.05) is 29.7 Å². The van der Waals surface area contributed by atoms with Crippen LogP contribution in [0.25, 0.3) is 16.7 Å². The van der Waals surface area contributed by atoms with Crippen molar-refractivity contribution in [1.29, 1.82) is 0 Å². The van der Waals surface area contributed by atoms with Gasteiger partial charge in [-0.05, 0) is 69.7 Å². The minimum atomic E-state index is -0.586. The Bertz CT molecular complexity index is 1410. The maximum Gasteiger partial charge on any atom is 0.163 e. The molecule has 4 aromatic heterocycles. The third-order valence-corrected chi connectivity index (χ3v) is 8.13. The lowest BCUT2D eigenvalue weighted by Crippen LogP contribution is -2.32. The average Bonchev–Trinajstić information content (AvgIpc) is 3.06. The molecule has 7 rings (SSSR count). The van der Waals surface area contributed by atoms with Gasteiger partial charge in [-0.15, -0.1) is 0 Å². The van der Waals surface area contributed by atoms with Gasteiger partial charge in [-0.25, -0.2) is 15.0 Å². The first kappa shape index (κ1) is 19.5. The number of nitrogens with two attached hydrogens (primary N) is 1. The smallest absolute Gasteiger partial charge is 0.163 e. The molecular formula is C25H28N6O2. The van der Waals surface area contributed by atoms with E-state index in [0.717, 1.165) is 41.6 Å². The molecule has 0 aromatic carbocycles. The number of aryl methyl sites for hydroxylation is 2. The van der Waals surface area contributed by atoms with Crippen molar-refractivity contribution in [2.75, 3.05) is 5.73 Å². The van der Waals surface area contributed by atoms with Crippen molar-refractivity contribution in [3.05, 3.63) is 54.4 Å². The van der Waals surface area contributed by atoms with Gasteiger partial charge in [-0.2, -0.15) is 0 Å². The van der Waals surface area contributed by atoms with Crippen LogP contribution < -0.4 is 5.73 Å². The van der Waals surface area contributed by atoms with Crippen LogP contribution in [0, 0.1) is 18.3 Å². The molecule has 0 bridgehead atoms. The van der Waals surface area contributed by atoms with E-state index in [2.05, 4.69) is 55.4 Å². The van der Waals surface area contributed by atoms with E-state index in [0.29, 0.717) is 11.7 Å². The summed E-state index contributed by atoms with van der Waals surface area (Å²) < 4.78 is 17.4. The van der Waals surface area contributed by atoms with Crippen LogP contribution in [-0.2, 0) is 15.9 Å². The van der Waals surface area contributed by atoms with E-state index in [1.54, 1.807) is 6.33 Å². The van der Waals surface area contributed by atoms with Gasteiger partial charge in [-0.1, -0.05) is 0 Å². The number of rotatable bonds is 4. The van der Waals surface area contributed by atoms with Crippen molar-refractivity contribution < 1.29 is 9.47 Å². The second kappa shape index (κ2) is 6.33. The van der Waals surface area contributed by atoms with Crippen molar-refractivity contribution in [1.82, 2.24) is 23.9 Å². The highest BCUT2D eigenvalue weighted by Crippen LogP contribution is 2.73. The van der Waals surface area contributed by atoms with Crippen molar-refractivity contribution in [2.24, 2.45) is 11.3 Å². The Morgan fingerprint density at radius 1 is 1.15 bits per heavy atom. The molecular weight excluding hydrogens is 416 g/mol. The number of nitrogen functional groups attached to an aromatic ring is 1. The van der Waals surface area contributed by atoms with Gasteiger partial charge in [0.15, 0.2) is 5.79 Å². The highest BCUT2D eigenvalue weighted by Gasteiger charge is 2.75. The first-order valence-corrected chi connectivity index (χ1v) is 11.7. The minimum Gasteiger partial charge on any atom is -0.383 e. The topological polar surface area (TPSA) is 92.5 Å². The van der Waals surface area contributed by atoms with Gasteiger partial charge in [-0.3, -0.25) is 0 Å². The zero-order valence-corrected chi connectivity index (χ0v) is 19.1. The summed E-state index contributed by atoms with van der Waals surface area (Å²) in [6, 6.07) is 6.63. The Kier molecular flexibility index (Phi) is 3.74. The van der Waals surface area contributed by atoms with Crippen molar-refractivity contribution in [3.8, 4) is 0 Å². The maximum absolute atomic E-state index is 6.55. The Morgan fingerprint density at radius 3 is 2.91 bits per heavy atom. The first-order chi connectivity index (χ1) is 15.9. The summed E-state index contributed by atoms with van der Waals surface area (Å²) in [7, 11) is 0. The van der Waals surface area contributed by atoms with E-state index in [9.17, 15) is 0 Å². The Labute approximate surface area is 191 Å². The van der Waals surface area contributed by atoms with Crippen molar-refractivity contribution in [3.63, 3.8) is 0 Å². The molecule has 0 radical (unpaired) electrons. The zero-order valence-electron chi connectivity index (χ0n) is 19.1. The lowest BCUT2D eigenvalue weighted by molar-refractivity contribution is -0.161. The van der Waals surface area contributed by atoms with E-state index in [1.165, 1.54) is 5.56 Å². The van der Waals surface area contributed by atoms with Crippen LogP contribution in [0.4, 0.5) is 5.82 Å². The number of imidazole rings is 1. The van der Waals surface area contributed by atoms with Crippen LogP contribution in [0.1, 0.15) is 44.0 Å². The molecule has 1 unspecified atom stereocenters. The van der Waals surface area contributed by atoms with Crippen LogP contribution in [0.3, 0.4) is 0 Å². The fourth-order valence-corrected chi connectivity index (χ4v) is 6.55. The fraction of sp³-hybridized carbons (Fsp3) is 0.480. The molecule has 5 atom stereocenters. The minimum absolute atomic E-state index is 0.00275. The molecule has 2 aliphatic carbocycles. The molecule has 3 aliphatic rings. The number of ether oxygens (including phenoxy) is 2. The molecule has 170 valence electrons. The summed E-state index contributed by atoms with van der Waals surface area (Å²) in [5, 5.41) is 0.897. The van der Waals surface area contributed by atoms with Crippen LogP contribution in [0.15, 0.2) is 43.1 Å². The zero-order chi connectivity index (χ0) is 22.5. The van der Waals surface area contributed by atoms with Gasteiger partial charge >= 0.3 is 0 Å². The van der Waals surface area contributed by atoms with Crippen molar-refractivity contribution in [2.45, 2.75) is 64.1 Å². The van der Waals surface area contributed by atoms with E-state index >= 15 is 0 Å². The molecule has 2 saturated carbocycles. The van der Waals surface area contributed by atoms with Crippen molar-refractivity contribution >= 4 is 22.5 Å². The second-order valence-electron chi connectivity index (χ2n) is 10.4. The normalized spacial score (nSPS) is 31.8. The third-order valence-electron chi connectivity index (χ3n) is 8.13. The summed E-state index contributed by atoms with van der Waals surface area (Å²) >= 11 is 0. The molecule has 0 amide bonds. The molecule has 1 saturated heterocycles. The van der Waals surface area contributed by atoms with E-state index in [-0.39, 0.29) is 23.7 Å². The predicted octanol–water partition coefficient (Wildman–Crippen LogP) is 3.68. The van der Waals surface area contributed by atoms with Crippen LogP contribution in [-0.4, -0.2) is 41.9 Å². The van der Waals surface area contributed by atoms with Gasteiger partial charge in [0.25, 0.3) is 0 Å². The summed E-state index contributed by atoms with van der Waals surface area (Å²) in [5.41, 5.74) is 10.6. The van der Waals surface area contributed by atoms with Gasteiger partial charge < -0.3 is 24.2 Å². The third kappa shape index (κ3) is 2.68. The summed E-state index contributed by atoms with van der Waals surface area (Å²) in [6.07, 6.45) is 11.0. The largest absolute Gasteiger partial charge is 0.383 e. The SMILES string of the molecule is Cc1cnc2cc(CCC34C[C@@H]3[C@@H](n3ccc5c(N)ncnc53)[C@@H]3OC(C)(C)O[C@@H]34)ccn12. The Balaban J connectivity index is 1.22. The molecule has 2 N–H and O–H groups in total. The molecule has 33 heavy (non-hydrogen) atoms. The number of hydrogen-bond acceptors (Lipinski definition) is 6. The lowest BCUT2D eigenvalue weighted by Gasteiger charge is -2.24. The summed E-state index contributed by atoms with van der Waals surface area (Å²) in [4.78, 5) is 13.3. The standard InChI is InChI=1S/C25H28N6O2/c1-14-12-27-18-10-15(5-8-30(14)18)4-7-25-11-17(25)19(20-21(25)33-24(2,3)32-20)31-9-6-16-22(26)28-13-29-23(16)31/h5-6,8-10,12-13,17,19-21H,4,7,11H2,1-3H3,(H2,26,28,29)/t17-,19-,20+,21+,25?/m1/s1. The quantitative estimate of drug-likeness (QED) is 0.516. The number of fused-ring (bicyclic) bond motifs is 5. The average molecular weight is 445 g/mol. The van der Waals surface area contributed by atoms with Crippen LogP contribution in [0.2, 0.25) is 0 Å². The molecule has 1 aliphatic heterocycles. The van der Waals surface area contributed by atoms with Gasteiger partial charge in [0.1, 0.15) is 29.5 Å². The molecule has 4 aromatic rings. The van der Waals surface area contributed by atoms with Gasteiger partial charge in [0.2, 0.25) is 0 Å². The van der Waals surface area contributed by atoms with Crippen LogP contribution >= 0.6 is 0 Å².